The fourth-order valence-corrected chi connectivity index (χ4v) is 2.13. The summed E-state index contributed by atoms with van der Waals surface area (Å²) in [4.78, 5) is 0. The van der Waals surface area contributed by atoms with Gasteiger partial charge in [0, 0.05) is 5.92 Å². The molecule has 2 aromatic rings. The zero-order valence-electron chi connectivity index (χ0n) is 9.92. The summed E-state index contributed by atoms with van der Waals surface area (Å²) in [7, 11) is 0. The SMILES string of the molecule is Clc1nnc(C2CC2)n1CCOc1ccccc1. The van der Waals surface area contributed by atoms with Gasteiger partial charge in [0.2, 0.25) is 5.28 Å². The molecule has 1 aromatic heterocycles. The molecule has 0 spiro atoms. The molecule has 4 nitrogen and oxygen atoms in total. The Kier molecular flexibility index (Phi) is 3.19. The second kappa shape index (κ2) is 4.98. The van der Waals surface area contributed by atoms with Crippen LogP contribution in [-0.2, 0) is 6.54 Å². The van der Waals surface area contributed by atoms with Gasteiger partial charge in [0.25, 0.3) is 0 Å². The maximum absolute atomic E-state index is 6.03. The Bertz CT molecular complexity index is 522. The number of benzene rings is 1. The van der Waals surface area contributed by atoms with Crippen molar-refractivity contribution in [3.8, 4) is 5.75 Å². The smallest absolute Gasteiger partial charge is 0.225 e. The molecule has 1 saturated carbocycles. The fourth-order valence-electron chi connectivity index (χ4n) is 1.92. The van der Waals surface area contributed by atoms with Crippen molar-refractivity contribution in [2.24, 2.45) is 0 Å². The molecule has 1 heterocycles. The lowest BCUT2D eigenvalue weighted by molar-refractivity contribution is 0.296. The molecule has 0 amide bonds. The van der Waals surface area contributed by atoms with E-state index in [1.165, 1.54) is 12.8 Å². The van der Waals surface area contributed by atoms with Gasteiger partial charge in [-0.15, -0.1) is 10.2 Å². The second-order valence-electron chi connectivity index (χ2n) is 4.41. The fraction of sp³-hybridized carbons (Fsp3) is 0.385. The van der Waals surface area contributed by atoms with Gasteiger partial charge in [-0.05, 0) is 36.6 Å². The molecule has 1 aliphatic rings. The number of rotatable bonds is 5. The van der Waals surface area contributed by atoms with Crippen LogP contribution in [-0.4, -0.2) is 21.4 Å². The van der Waals surface area contributed by atoms with Gasteiger partial charge in [-0.25, -0.2) is 0 Å². The van der Waals surface area contributed by atoms with E-state index in [0.717, 1.165) is 11.6 Å². The Balaban J connectivity index is 1.61. The van der Waals surface area contributed by atoms with Gasteiger partial charge in [0.1, 0.15) is 18.2 Å². The first-order valence-electron chi connectivity index (χ1n) is 6.11. The van der Waals surface area contributed by atoms with Gasteiger partial charge in [0.15, 0.2) is 0 Å². The quantitative estimate of drug-likeness (QED) is 0.833. The van der Waals surface area contributed by atoms with Crippen LogP contribution in [0.5, 0.6) is 5.75 Å². The van der Waals surface area contributed by atoms with E-state index in [1.54, 1.807) is 0 Å². The third-order valence-electron chi connectivity index (χ3n) is 3.00. The van der Waals surface area contributed by atoms with Crippen molar-refractivity contribution < 1.29 is 4.74 Å². The minimum absolute atomic E-state index is 0.452. The molecule has 0 N–H and O–H groups in total. The van der Waals surface area contributed by atoms with Gasteiger partial charge >= 0.3 is 0 Å². The summed E-state index contributed by atoms with van der Waals surface area (Å²) in [5.74, 6) is 2.41. The van der Waals surface area contributed by atoms with Crippen LogP contribution in [0.1, 0.15) is 24.6 Å². The molecular weight excluding hydrogens is 250 g/mol. The largest absolute Gasteiger partial charge is 0.492 e. The molecule has 1 fully saturated rings. The molecule has 0 bridgehead atoms. The molecule has 0 saturated heterocycles. The Hall–Kier alpha value is -1.55. The highest BCUT2D eigenvalue weighted by atomic mass is 35.5. The van der Waals surface area contributed by atoms with Crippen molar-refractivity contribution >= 4 is 11.6 Å². The maximum atomic E-state index is 6.03. The van der Waals surface area contributed by atoms with E-state index in [2.05, 4.69) is 10.2 Å². The Labute approximate surface area is 111 Å². The third kappa shape index (κ3) is 2.48. The van der Waals surface area contributed by atoms with E-state index in [-0.39, 0.29) is 0 Å². The summed E-state index contributed by atoms with van der Waals surface area (Å²) in [6.07, 6.45) is 2.38. The molecule has 0 unspecified atom stereocenters. The van der Waals surface area contributed by atoms with Crippen LogP contribution < -0.4 is 4.74 Å². The lowest BCUT2D eigenvalue weighted by atomic mass is 10.3. The summed E-state index contributed by atoms with van der Waals surface area (Å²) in [5, 5.41) is 8.51. The molecular formula is C13H14ClN3O. The van der Waals surface area contributed by atoms with Gasteiger partial charge in [0.05, 0.1) is 6.54 Å². The monoisotopic (exact) mass is 263 g/mol. The first-order chi connectivity index (χ1) is 8.84. The summed E-state index contributed by atoms with van der Waals surface area (Å²) in [6, 6.07) is 9.76. The van der Waals surface area contributed by atoms with Gasteiger partial charge in [-0.2, -0.15) is 0 Å². The van der Waals surface area contributed by atoms with E-state index in [9.17, 15) is 0 Å². The van der Waals surface area contributed by atoms with Crippen LogP contribution >= 0.6 is 11.6 Å². The Morgan fingerprint density at radius 2 is 2.00 bits per heavy atom. The Morgan fingerprint density at radius 3 is 2.72 bits per heavy atom. The predicted octanol–water partition coefficient (Wildman–Crippen LogP) is 2.89. The van der Waals surface area contributed by atoms with E-state index >= 15 is 0 Å². The second-order valence-corrected chi connectivity index (χ2v) is 4.75. The van der Waals surface area contributed by atoms with Gasteiger partial charge in [-0.1, -0.05) is 18.2 Å². The van der Waals surface area contributed by atoms with Crippen LogP contribution in [0.25, 0.3) is 0 Å². The number of hydrogen-bond donors (Lipinski definition) is 0. The normalized spacial score (nSPS) is 14.7. The molecule has 0 atom stereocenters. The standard InChI is InChI=1S/C13H14ClN3O/c14-13-16-15-12(10-6-7-10)17(13)8-9-18-11-4-2-1-3-5-11/h1-5,10H,6-9H2. The molecule has 5 heteroatoms. The lowest BCUT2D eigenvalue weighted by Crippen LogP contribution is -2.11. The molecule has 1 aromatic carbocycles. The number of hydrogen-bond acceptors (Lipinski definition) is 3. The number of aromatic nitrogens is 3. The highest BCUT2D eigenvalue weighted by Crippen LogP contribution is 2.39. The molecule has 1 aliphatic carbocycles. The van der Waals surface area contributed by atoms with Crippen LogP contribution in [0, 0.1) is 0 Å². The van der Waals surface area contributed by atoms with Crippen molar-refractivity contribution in [1.29, 1.82) is 0 Å². The molecule has 0 aliphatic heterocycles. The summed E-state index contributed by atoms with van der Waals surface area (Å²) < 4.78 is 7.60. The minimum Gasteiger partial charge on any atom is -0.492 e. The third-order valence-corrected chi connectivity index (χ3v) is 3.28. The van der Waals surface area contributed by atoms with Crippen molar-refractivity contribution in [3.05, 3.63) is 41.4 Å². The van der Waals surface area contributed by atoms with Crippen LogP contribution in [0.3, 0.4) is 0 Å². The number of ether oxygens (including phenoxy) is 1. The zero-order chi connectivity index (χ0) is 12.4. The highest BCUT2D eigenvalue weighted by Gasteiger charge is 2.29. The topological polar surface area (TPSA) is 39.9 Å². The van der Waals surface area contributed by atoms with Crippen molar-refractivity contribution in [3.63, 3.8) is 0 Å². The molecule has 0 radical (unpaired) electrons. The van der Waals surface area contributed by atoms with E-state index in [0.29, 0.717) is 24.4 Å². The predicted molar refractivity (Wildman–Crippen MR) is 68.9 cm³/mol. The number of nitrogens with zero attached hydrogens (tertiary/aromatic N) is 3. The molecule has 18 heavy (non-hydrogen) atoms. The minimum atomic E-state index is 0.452. The van der Waals surface area contributed by atoms with Crippen molar-refractivity contribution in [2.45, 2.75) is 25.3 Å². The molecule has 94 valence electrons. The average Bonchev–Trinajstić information content (AvgIpc) is 3.17. The molecule has 3 rings (SSSR count). The average molecular weight is 264 g/mol. The lowest BCUT2D eigenvalue weighted by Gasteiger charge is -2.09. The maximum Gasteiger partial charge on any atom is 0.225 e. The van der Waals surface area contributed by atoms with Crippen LogP contribution in [0.15, 0.2) is 30.3 Å². The van der Waals surface area contributed by atoms with Gasteiger partial charge in [-0.3, -0.25) is 4.57 Å². The van der Waals surface area contributed by atoms with E-state index in [4.69, 9.17) is 16.3 Å². The summed E-state index contributed by atoms with van der Waals surface area (Å²) in [6.45, 7) is 1.26. The van der Waals surface area contributed by atoms with Crippen molar-refractivity contribution in [1.82, 2.24) is 14.8 Å². The van der Waals surface area contributed by atoms with E-state index in [1.807, 2.05) is 34.9 Å². The number of para-hydroxylation sites is 1. The zero-order valence-corrected chi connectivity index (χ0v) is 10.7. The van der Waals surface area contributed by atoms with Gasteiger partial charge < -0.3 is 4.74 Å². The highest BCUT2D eigenvalue weighted by molar-refractivity contribution is 6.28. The first kappa shape index (κ1) is 11.5. The van der Waals surface area contributed by atoms with Crippen molar-refractivity contribution in [2.75, 3.05) is 6.61 Å². The first-order valence-corrected chi connectivity index (χ1v) is 6.49. The number of halogens is 1. The summed E-state index contributed by atoms with van der Waals surface area (Å²) >= 11 is 6.03. The Morgan fingerprint density at radius 1 is 1.22 bits per heavy atom. The summed E-state index contributed by atoms with van der Waals surface area (Å²) in [5.41, 5.74) is 0. The van der Waals surface area contributed by atoms with Crippen LogP contribution in [0.2, 0.25) is 5.28 Å². The van der Waals surface area contributed by atoms with E-state index < -0.39 is 0 Å². The van der Waals surface area contributed by atoms with Crippen LogP contribution in [0.4, 0.5) is 0 Å².